The van der Waals surface area contributed by atoms with Crippen molar-refractivity contribution in [1.29, 1.82) is 0 Å². The minimum atomic E-state index is -0.502. The smallest absolute Gasteiger partial charge is 0.257 e. The summed E-state index contributed by atoms with van der Waals surface area (Å²) >= 11 is 0. The van der Waals surface area contributed by atoms with Crippen molar-refractivity contribution in [2.24, 2.45) is 0 Å². The number of hydrogen-bond donors (Lipinski definition) is 1. The number of nitrogens with one attached hydrogen (secondary N) is 1. The first-order valence-electron chi connectivity index (χ1n) is 6.19. The van der Waals surface area contributed by atoms with Gasteiger partial charge in [0.1, 0.15) is 11.6 Å². The molecule has 100 valence electrons. The van der Waals surface area contributed by atoms with E-state index in [2.05, 4.69) is 10.3 Å². The highest BCUT2D eigenvalue weighted by Gasteiger charge is 2.22. The molecule has 1 aromatic rings. The molecule has 0 spiro atoms. The summed E-state index contributed by atoms with van der Waals surface area (Å²) in [5.74, 6) is -0.288. The second-order valence-corrected chi connectivity index (χ2v) is 4.15. The summed E-state index contributed by atoms with van der Waals surface area (Å²) in [4.78, 5) is 18.0. The minimum Gasteiger partial charge on any atom is -0.372 e. The Balaban J connectivity index is 3.11. The third-order valence-electron chi connectivity index (χ3n) is 3.05. The van der Waals surface area contributed by atoms with Crippen LogP contribution in [0.25, 0.3) is 0 Å². The number of aromatic nitrogens is 1. The topological polar surface area (TPSA) is 45.2 Å². The van der Waals surface area contributed by atoms with E-state index in [0.29, 0.717) is 12.4 Å². The van der Waals surface area contributed by atoms with Gasteiger partial charge < -0.3 is 10.2 Å². The number of anilines is 1. The molecule has 1 unspecified atom stereocenters. The van der Waals surface area contributed by atoms with Crippen LogP contribution in [0, 0.1) is 5.82 Å². The molecule has 5 heteroatoms. The quantitative estimate of drug-likeness (QED) is 0.877. The molecule has 18 heavy (non-hydrogen) atoms. The molecule has 1 heterocycles. The van der Waals surface area contributed by atoms with E-state index in [9.17, 15) is 9.18 Å². The average molecular weight is 253 g/mol. The van der Waals surface area contributed by atoms with Gasteiger partial charge >= 0.3 is 0 Å². The lowest BCUT2D eigenvalue weighted by atomic mass is 10.1. The summed E-state index contributed by atoms with van der Waals surface area (Å²) in [6, 6.07) is 1.35. The van der Waals surface area contributed by atoms with Crippen molar-refractivity contribution in [2.45, 2.75) is 33.2 Å². The van der Waals surface area contributed by atoms with Crippen molar-refractivity contribution < 1.29 is 9.18 Å². The van der Waals surface area contributed by atoms with Gasteiger partial charge in [0.15, 0.2) is 0 Å². The molecule has 0 saturated carbocycles. The van der Waals surface area contributed by atoms with Gasteiger partial charge in [-0.25, -0.2) is 9.37 Å². The summed E-state index contributed by atoms with van der Waals surface area (Å²) < 4.78 is 13.2. The predicted molar refractivity (Wildman–Crippen MR) is 70.2 cm³/mol. The fraction of sp³-hybridized carbons (Fsp3) is 0.538. The molecule has 0 fully saturated rings. The number of carbonyl (C=O) groups is 1. The molecule has 1 aromatic heterocycles. The molecule has 4 nitrogen and oxygen atoms in total. The van der Waals surface area contributed by atoms with Gasteiger partial charge in [-0.05, 0) is 26.3 Å². The van der Waals surface area contributed by atoms with Crippen LogP contribution in [0.3, 0.4) is 0 Å². The van der Waals surface area contributed by atoms with Crippen LogP contribution < -0.4 is 5.32 Å². The molecule has 0 radical (unpaired) electrons. The lowest BCUT2D eigenvalue weighted by Gasteiger charge is -2.27. The van der Waals surface area contributed by atoms with Crippen molar-refractivity contribution >= 4 is 11.7 Å². The summed E-state index contributed by atoms with van der Waals surface area (Å²) in [6.07, 6.45) is 1.96. The SMILES string of the molecule is CCC(C)N(CC)C(=O)c1cc(F)cnc1NC. The highest BCUT2D eigenvalue weighted by Crippen LogP contribution is 2.17. The molecule has 1 rings (SSSR count). The first-order valence-corrected chi connectivity index (χ1v) is 6.19. The van der Waals surface area contributed by atoms with Crippen LogP contribution in [0.5, 0.6) is 0 Å². The number of halogens is 1. The Hall–Kier alpha value is -1.65. The number of carbonyl (C=O) groups excluding carboxylic acids is 1. The van der Waals surface area contributed by atoms with Crippen LogP contribution >= 0.6 is 0 Å². The minimum absolute atomic E-state index is 0.121. The molecule has 0 aliphatic heterocycles. The third kappa shape index (κ3) is 2.97. The van der Waals surface area contributed by atoms with E-state index < -0.39 is 5.82 Å². The zero-order valence-corrected chi connectivity index (χ0v) is 11.3. The third-order valence-corrected chi connectivity index (χ3v) is 3.05. The van der Waals surface area contributed by atoms with Crippen molar-refractivity contribution in [2.75, 3.05) is 18.9 Å². The van der Waals surface area contributed by atoms with Gasteiger partial charge in [0.25, 0.3) is 5.91 Å². The van der Waals surface area contributed by atoms with Crippen molar-refractivity contribution in [3.63, 3.8) is 0 Å². The van der Waals surface area contributed by atoms with E-state index in [1.807, 2.05) is 20.8 Å². The van der Waals surface area contributed by atoms with E-state index in [0.717, 1.165) is 12.6 Å². The molecule has 0 aliphatic rings. The summed E-state index contributed by atoms with van der Waals surface area (Å²) in [5.41, 5.74) is 0.277. The standard InChI is InChI=1S/C13H20FN3O/c1-5-9(3)17(6-2)13(18)11-7-10(14)8-16-12(11)15-4/h7-9H,5-6H2,1-4H3,(H,15,16). The monoisotopic (exact) mass is 253 g/mol. The van der Waals surface area contributed by atoms with E-state index in [1.54, 1.807) is 11.9 Å². The Morgan fingerprint density at radius 3 is 2.72 bits per heavy atom. The number of amides is 1. The molecule has 1 N–H and O–H groups in total. The fourth-order valence-corrected chi connectivity index (χ4v) is 1.83. The maximum absolute atomic E-state index is 13.2. The predicted octanol–water partition coefficient (Wildman–Crippen LogP) is 2.52. The van der Waals surface area contributed by atoms with Crippen LogP contribution in [0.2, 0.25) is 0 Å². The Bertz CT molecular complexity index is 423. The number of pyridine rings is 1. The van der Waals surface area contributed by atoms with Crippen LogP contribution in [0.1, 0.15) is 37.6 Å². The van der Waals surface area contributed by atoms with E-state index in [-0.39, 0.29) is 17.5 Å². The van der Waals surface area contributed by atoms with Gasteiger partial charge in [0.05, 0.1) is 11.8 Å². The van der Waals surface area contributed by atoms with Crippen molar-refractivity contribution in [3.05, 3.63) is 23.6 Å². The van der Waals surface area contributed by atoms with Crippen LogP contribution in [0.4, 0.5) is 10.2 Å². The second-order valence-electron chi connectivity index (χ2n) is 4.15. The number of nitrogens with zero attached hydrogens (tertiary/aromatic N) is 2. The Morgan fingerprint density at radius 1 is 1.56 bits per heavy atom. The molecular formula is C13H20FN3O. The Morgan fingerprint density at radius 2 is 2.22 bits per heavy atom. The normalized spacial score (nSPS) is 12.1. The van der Waals surface area contributed by atoms with Gasteiger partial charge in [-0.3, -0.25) is 4.79 Å². The molecule has 0 saturated heterocycles. The Kier molecular flexibility index (Phi) is 5.07. The van der Waals surface area contributed by atoms with E-state index in [1.165, 1.54) is 6.07 Å². The lowest BCUT2D eigenvalue weighted by molar-refractivity contribution is 0.0700. The molecule has 1 amide bonds. The van der Waals surface area contributed by atoms with E-state index >= 15 is 0 Å². The summed E-state index contributed by atoms with van der Waals surface area (Å²) in [6.45, 7) is 6.50. The molecule has 0 aromatic carbocycles. The largest absolute Gasteiger partial charge is 0.372 e. The first kappa shape index (κ1) is 14.4. The van der Waals surface area contributed by atoms with Crippen molar-refractivity contribution in [3.8, 4) is 0 Å². The molecule has 0 aliphatic carbocycles. The zero-order chi connectivity index (χ0) is 13.7. The number of hydrogen-bond acceptors (Lipinski definition) is 3. The second kappa shape index (κ2) is 6.33. The highest BCUT2D eigenvalue weighted by molar-refractivity contribution is 5.98. The number of rotatable bonds is 5. The van der Waals surface area contributed by atoms with Gasteiger partial charge in [-0.1, -0.05) is 6.92 Å². The van der Waals surface area contributed by atoms with Gasteiger partial charge in [-0.2, -0.15) is 0 Å². The van der Waals surface area contributed by atoms with Gasteiger partial charge in [-0.15, -0.1) is 0 Å². The van der Waals surface area contributed by atoms with Crippen LogP contribution in [0.15, 0.2) is 12.3 Å². The molecule has 1 atom stereocenters. The maximum Gasteiger partial charge on any atom is 0.257 e. The summed E-state index contributed by atoms with van der Waals surface area (Å²) in [7, 11) is 1.66. The van der Waals surface area contributed by atoms with E-state index in [4.69, 9.17) is 0 Å². The molecular weight excluding hydrogens is 233 g/mol. The lowest BCUT2D eigenvalue weighted by Crippen LogP contribution is -2.38. The van der Waals surface area contributed by atoms with Crippen LogP contribution in [-0.2, 0) is 0 Å². The maximum atomic E-state index is 13.2. The van der Waals surface area contributed by atoms with Gasteiger partial charge in [0, 0.05) is 19.6 Å². The molecule has 0 bridgehead atoms. The highest BCUT2D eigenvalue weighted by atomic mass is 19.1. The zero-order valence-electron chi connectivity index (χ0n) is 11.3. The van der Waals surface area contributed by atoms with Gasteiger partial charge in [0.2, 0.25) is 0 Å². The first-order chi connectivity index (χ1) is 8.54. The summed E-state index contributed by atoms with van der Waals surface area (Å²) in [5, 5.41) is 2.81. The Labute approximate surface area is 107 Å². The fourth-order valence-electron chi connectivity index (χ4n) is 1.83. The van der Waals surface area contributed by atoms with Crippen molar-refractivity contribution in [1.82, 2.24) is 9.88 Å². The average Bonchev–Trinajstić information content (AvgIpc) is 2.39. The van der Waals surface area contributed by atoms with Crippen LogP contribution in [-0.4, -0.2) is 35.4 Å².